The maximum atomic E-state index is 5.34. The van der Waals surface area contributed by atoms with Gasteiger partial charge in [0, 0.05) is 39.7 Å². The highest BCUT2D eigenvalue weighted by atomic mass is 15.2. The number of anilines is 1. The van der Waals surface area contributed by atoms with Gasteiger partial charge in [0.1, 0.15) is 0 Å². The zero-order valence-corrected chi connectivity index (χ0v) is 26.2. The predicted octanol–water partition coefficient (Wildman–Crippen LogP) is 9.74. The first kappa shape index (κ1) is 26.9. The molecule has 2 aliphatic carbocycles. The van der Waals surface area contributed by atoms with Gasteiger partial charge < -0.3 is 4.90 Å². The van der Waals surface area contributed by atoms with E-state index in [1.165, 1.54) is 54.1 Å². The second-order valence-electron chi connectivity index (χ2n) is 13.6. The zero-order valence-electron chi connectivity index (χ0n) is 26.2. The van der Waals surface area contributed by atoms with Crippen LogP contribution in [0.1, 0.15) is 32.1 Å². The van der Waals surface area contributed by atoms with E-state index in [0.29, 0.717) is 23.9 Å². The molecule has 3 bridgehead atoms. The van der Waals surface area contributed by atoms with Crippen LogP contribution in [-0.4, -0.2) is 31.6 Å². The third kappa shape index (κ3) is 4.33. The fourth-order valence-corrected chi connectivity index (χ4v) is 9.08. The molecule has 1 aliphatic heterocycles. The molecule has 10 rings (SSSR count). The third-order valence-corrected chi connectivity index (χ3v) is 11.1. The van der Waals surface area contributed by atoms with Crippen molar-refractivity contribution in [2.75, 3.05) is 4.90 Å². The predicted molar refractivity (Wildman–Crippen MR) is 191 cm³/mol. The van der Waals surface area contributed by atoms with E-state index >= 15 is 0 Å². The van der Waals surface area contributed by atoms with Gasteiger partial charge in [0.2, 0.25) is 5.95 Å². The fraction of sp³-hybridized carbons (Fsp3) is 0.214. The van der Waals surface area contributed by atoms with Gasteiger partial charge in [0.25, 0.3) is 0 Å². The number of para-hydroxylation sites is 3. The van der Waals surface area contributed by atoms with Crippen LogP contribution in [0.25, 0.3) is 61.7 Å². The number of benzene rings is 5. The Hall–Kier alpha value is -5.29. The number of fused-ring (bicyclic) bond motifs is 5. The molecular weight excluding hydrogens is 574 g/mol. The van der Waals surface area contributed by atoms with Crippen molar-refractivity contribution in [2.24, 2.45) is 11.8 Å². The van der Waals surface area contributed by atoms with E-state index in [2.05, 4.69) is 137 Å². The Balaban J connectivity index is 1.20. The minimum atomic E-state index is 0.597. The van der Waals surface area contributed by atoms with Crippen LogP contribution in [0.3, 0.4) is 0 Å². The summed E-state index contributed by atoms with van der Waals surface area (Å²) in [5, 5.41) is 2.39. The van der Waals surface area contributed by atoms with Crippen molar-refractivity contribution in [1.29, 1.82) is 0 Å². The SMILES string of the molecule is c1ccc(-c2cccc(-c3nc(-c4ccccc4N4C5CCC6CC4CC6C5)nc(-n4c5ccccc5c5ccccc54)n3)c2)cc1. The quantitative estimate of drug-likeness (QED) is 0.195. The van der Waals surface area contributed by atoms with Crippen LogP contribution in [0.2, 0.25) is 0 Å². The van der Waals surface area contributed by atoms with Crippen LogP contribution >= 0.6 is 0 Å². The van der Waals surface area contributed by atoms with Gasteiger partial charge in [-0.3, -0.25) is 4.57 Å². The van der Waals surface area contributed by atoms with Crippen LogP contribution in [-0.2, 0) is 0 Å². The van der Waals surface area contributed by atoms with E-state index in [0.717, 1.165) is 45.4 Å². The molecule has 47 heavy (non-hydrogen) atoms. The molecule has 228 valence electrons. The molecule has 0 N–H and O–H groups in total. The molecule has 3 fully saturated rings. The smallest absolute Gasteiger partial charge is 0.238 e. The summed E-state index contributed by atoms with van der Waals surface area (Å²) in [5.41, 5.74) is 7.83. The monoisotopic (exact) mass is 609 g/mol. The topological polar surface area (TPSA) is 46.8 Å². The highest BCUT2D eigenvalue weighted by Gasteiger charge is 2.49. The van der Waals surface area contributed by atoms with E-state index in [-0.39, 0.29) is 0 Å². The highest BCUT2D eigenvalue weighted by molar-refractivity contribution is 6.09. The molecular formula is C42H35N5. The molecule has 0 radical (unpaired) electrons. The first-order valence-electron chi connectivity index (χ1n) is 17.1. The van der Waals surface area contributed by atoms with Gasteiger partial charge in [-0.25, -0.2) is 4.98 Å². The number of rotatable bonds is 5. The van der Waals surface area contributed by atoms with Crippen LogP contribution in [0.5, 0.6) is 0 Å². The third-order valence-electron chi connectivity index (χ3n) is 11.1. The minimum absolute atomic E-state index is 0.597. The minimum Gasteiger partial charge on any atom is -0.365 e. The van der Waals surface area contributed by atoms with Crippen molar-refractivity contribution in [1.82, 2.24) is 19.5 Å². The van der Waals surface area contributed by atoms with E-state index in [1.807, 2.05) is 0 Å². The molecule has 5 heteroatoms. The maximum absolute atomic E-state index is 5.34. The summed E-state index contributed by atoms with van der Waals surface area (Å²) in [4.78, 5) is 18.7. The summed E-state index contributed by atoms with van der Waals surface area (Å²) < 4.78 is 2.22. The number of nitrogens with zero attached hydrogens (tertiary/aromatic N) is 5. The summed E-state index contributed by atoms with van der Waals surface area (Å²) >= 11 is 0. The molecule has 1 saturated heterocycles. The normalized spacial score (nSPS) is 21.6. The molecule has 2 aromatic heterocycles. The lowest BCUT2D eigenvalue weighted by atomic mass is 9.78. The first-order valence-corrected chi connectivity index (χ1v) is 17.1. The van der Waals surface area contributed by atoms with Crippen molar-refractivity contribution in [3.05, 3.63) is 127 Å². The molecule has 3 aliphatic rings. The summed E-state index contributed by atoms with van der Waals surface area (Å²) in [5.74, 6) is 3.85. The van der Waals surface area contributed by atoms with Crippen molar-refractivity contribution in [2.45, 2.75) is 44.2 Å². The van der Waals surface area contributed by atoms with E-state index in [9.17, 15) is 0 Å². The maximum Gasteiger partial charge on any atom is 0.238 e. The lowest BCUT2D eigenvalue weighted by Crippen LogP contribution is -2.47. The number of aromatic nitrogens is 4. The van der Waals surface area contributed by atoms with Gasteiger partial charge in [0.15, 0.2) is 11.6 Å². The van der Waals surface area contributed by atoms with Gasteiger partial charge in [-0.15, -0.1) is 0 Å². The Morgan fingerprint density at radius 2 is 1.13 bits per heavy atom. The van der Waals surface area contributed by atoms with E-state index < -0.39 is 0 Å². The number of piperidine rings is 1. The summed E-state index contributed by atoms with van der Waals surface area (Å²) in [6.07, 6.45) is 6.61. The highest BCUT2D eigenvalue weighted by Crippen LogP contribution is 2.53. The van der Waals surface area contributed by atoms with Crippen molar-refractivity contribution in [3.8, 4) is 39.9 Å². The Morgan fingerprint density at radius 1 is 0.489 bits per heavy atom. The molecule has 0 amide bonds. The molecule has 5 aromatic carbocycles. The molecule has 2 saturated carbocycles. The molecule has 5 nitrogen and oxygen atoms in total. The lowest BCUT2D eigenvalue weighted by molar-refractivity contribution is 0.234. The van der Waals surface area contributed by atoms with Gasteiger partial charge in [0.05, 0.1) is 11.0 Å². The summed E-state index contributed by atoms with van der Waals surface area (Å²) in [7, 11) is 0. The first-order chi connectivity index (χ1) is 23.3. The summed E-state index contributed by atoms with van der Waals surface area (Å²) in [6.45, 7) is 0. The van der Waals surface area contributed by atoms with Crippen molar-refractivity contribution >= 4 is 27.5 Å². The Labute approximate surface area is 274 Å². The zero-order chi connectivity index (χ0) is 30.9. The van der Waals surface area contributed by atoms with Gasteiger partial charge in [-0.2, -0.15) is 9.97 Å². The van der Waals surface area contributed by atoms with Crippen LogP contribution < -0.4 is 4.90 Å². The number of hydrogen-bond donors (Lipinski definition) is 0. The average molecular weight is 610 g/mol. The van der Waals surface area contributed by atoms with Gasteiger partial charge >= 0.3 is 0 Å². The molecule has 4 atom stereocenters. The standard InChI is InChI=1S/C42H35N5/c1-2-11-27(12-3-1)28-13-10-14-30(23-28)40-43-41(36-17-6-9-20-39(36)46-32-22-21-29-24-33(46)26-31(29)25-32)45-42(44-40)47-37-18-7-4-15-34(37)35-16-5-8-19-38(35)47/h1-20,23,29,31-33H,21-22,24-26H2. The van der Waals surface area contributed by atoms with Crippen molar-refractivity contribution in [3.63, 3.8) is 0 Å². The van der Waals surface area contributed by atoms with E-state index in [1.54, 1.807) is 0 Å². The van der Waals surface area contributed by atoms with Gasteiger partial charge in [-0.1, -0.05) is 97.1 Å². The summed E-state index contributed by atoms with van der Waals surface area (Å²) in [6, 6.07) is 46.3. The largest absolute Gasteiger partial charge is 0.365 e. The fourth-order valence-electron chi connectivity index (χ4n) is 9.08. The molecule has 3 heterocycles. The van der Waals surface area contributed by atoms with Crippen LogP contribution in [0.4, 0.5) is 5.69 Å². The van der Waals surface area contributed by atoms with Crippen molar-refractivity contribution < 1.29 is 0 Å². The molecule has 4 unspecified atom stereocenters. The Bertz CT molecular complexity index is 2230. The lowest BCUT2D eigenvalue weighted by Gasteiger charge is -2.45. The van der Waals surface area contributed by atoms with Crippen LogP contribution in [0.15, 0.2) is 127 Å². The second-order valence-corrected chi connectivity index (χ2v) is 13.6. The number of hydrogen-bond acceptors (Lipinski definition) is 4. The molecule has 0 spiro atoms. The Morgan fingerprint density at radius 3 is 1.96 bits per heavy atom. The van der Waals surface area contributed by atoms with E-state index in [4.69, 9.17) is 15.0 Å². The van der Waals surface area contributed by atoms with Crippen LogP contribution in [0, 0.1) is 11.8 Å². The Kier molecular flexibility index (Phi) is 6.08. The molecule has 7 aromatic rings. The second kappa shape index (κ2) is 10.6. The average Bonchev–Trinajstić information content (AvgIpc) is 3.61. The van der Waals surface area contributed by atoms with Gasteiger partial charge in [-0.05, 0) is 85.4 Å².